The van der Waals surface area contributed by atoms with Crippen LogP contribution in [0.2, 0.25) is 0 Å². The third-order valence-corrected chi connectivity index (χ3v) is 4.50. The highest BCUT2D eigenvalue weighted by Gasteiger charge is 2.09. The van der Waals surface area contributed by atoms with Gasteiger partial charge in [0.25, 0.3) is 11.6 Å². The quantitative estimate of drug-likeness (QED) is 0.334. The van der Waals surface area contributed by atoms with Gasteiger partial charge in [0.15, 0.2) is 11.5 Å². The maximum atomic E-state index is 12.2. The van der Waals surface area contributed by atoms with Crippen molar-refractivity contribution in [3.05, 3.63) is 99.1 Å². The van der Waals surface area contributed by atoms with Crippen molar-refractivity contribution in [1.29, 1.82) is 0 Å². The fraction of sp³-hybridized carbons (Fsp3) is 0.130. The molecule has 0 bridgehead atoms. The van der Waals surface area contributed by atoms with Crippen molar-refractivity contribution in [2.24, 2.45) is 5.10 Å². The maximum Gasteiger partial charge on any atom is 0.271 e. The van der Waals surface area contributed by atoms with Gasteiger partial charge in [0.1, 0.15) is 6.61 Å². The number of aryl methyl sites for hydroxylation is 1. The standard InChI is InChI=1S/C23H21N3O5/c1-16-5-3-4-6-20(16)23(27)25-24-14-18-9-12-21(22(13-18)30-2)31-15-17-7-10-19(11-8-17)26(28)29/h3-14H,15H2,1-2H3,(H,25,27)/b24-14+. The van der Waals surface area contributed by atoms with Gasteiger partial charge in [-0.25, -0.2) is 5.43 Å². The Labute approximate surface area is 179 Å². The van der Waals surface area contributed by atoms with E-state index in [1.165, 1.54) is 25.5 Å². The molecule has 0 saturated carbocycles. The second-order valence-corrected chi connectivity index (χ2v) is 6.64. The highest BCUT2D eigenvalue weighted by Crippen LogP contribution is 2.28. The Morgan fingerprint density at radius 1 is 1.10 bits per heavy atom. The minimum Gasteiger partial charge on any atom is -0.493 e. The Bertz CT molecular complexity index is 1110. The Morgan fingerprint density at radius 2 is 1.84 bits per heavy atom. The number of nitrogens with zero attached hydrogens (tertiary/aromatic N) is 2. The first-order valence-corrected chi connectivity index (χ1v) is 9.41. The van der Waals surface area contributed by atoms with Crippen LogP contribution in [-0.4, -0.2) is 24.2 Å². The van der Waals surface area contributed by atoms with E-state index < -0.39 is 4.92 Å². The monoisotopic (exact) mass is 419 g/mol. The average molecular weight is 419 g/mol. The molecule has 0 spiro atoms. The van der Waals surface area contributed by atoms with Gasteiger partial charge in [-0.3, -0.25) is 14.9 Å². The lowest BCUT2D eigenvalue weighted by atomic mass is 10.1. The summed E-state index contributed by atoms with van der Waals surface area (Å²) in [6.07, 6.45) is 1.51. The SMILES string of the molecule is COc1cc(/C=N/NC(=O)c2ccccc2C)ccc1OCc1ccc([N+](=O)[O-])cc1. The number of methoxy groups -OCH3 is 1. The summed E-state index contributed by atoms with van der Waals surface area (Å²) >= 11 is 0. The Balaban J connectivity index is 1.62. The molecule has 0 unspecified atom stereocenters. The summed E-state index contributed by atoms with van der Waals surface area (Å²) in [4.78, 5) is 22.5. The number of amides is 1. The summed E-state index contributed by atoms with van der Waals surface area (Å²) in [6.45, 7) is 2.09. The van der Waals surface area contributed by atoms with Crippen molar-refractivity contribution in [2.75, 3.05) is 7.11 Å². The van der Waals surface area contributed by atoms with Crippen LogP contribution in [0.25, 0.3) is 0 Å². The molecule has 3 rings (SSSR count). The first-order valence-electron chi connectivity index (χ1n) is 9.41. The molecule has 0 aliphatic rings. The molecule has 0 atom stereocenters. The van der Waals surface area contributed by atoms with Crippen LogP contribution < -0.4 is 14.9 Å². The smallest absolute Gasteiger partial charge is 0.271 e. The fourth-order valence-electron chi connectivity index (χ4n) is 2.81. The predicted octanol–water partition coefficient (Wildman–Crippen LogP) is 4.25. The maximum absolute atomic E-state index is 12.2. The molecule has 1 amide bonds. The summed E-state index contributed by atoms with van der Waals surface area (Å²) in [6, 6.07) is 18.6. The number of ether oxygens (including phenoxy) is 2. The molecule has 0 fully saturated rings. The molecule has 8 heteroatoms. The number of nitro groups is 1. The number of benzene rings is 3. The van der Waals surface area contributed by atoms with Crippen LogP contribution in [0.1, 0.15) is 27.0 Å². The second-order valence-electron chi connectivity index (χ2n) is 6.64. The lowest BCUT2D eigenvalue weighted by Gasteiger charge is -2.11. The summed E-state index contributed by atoms with van der Waals surface area (Å²) < 4.78 is 11.1. The van der Waals surface area contributed by atoms with E-state index in [0.717, 1.165) is 11.1 Å². The predicted molar refractivity (Wildman–Crippen MR) is 117 cm³/mol. The van der Waals surface area contributed by atoms with Crippen LogP contribution in [0.5, 0.6) is 11.5 Å². The van der Waals surface area contributed by atoms with Gasteiger partial charge in [-0.2, -0.15) is 5.10 Å². The van der Waals surface area contributed by atoms with Crippen LogP contribution in [0.4, 0.5) is 5.69 Å². The number of hydrogen-bond donors (Lipinski definition) is 1. The number of hydrazone groups is 1. The number of carbonyl (C=O) groups is 1. The molecule has 0 aliphatic heterocycles. The molecule has 0 heterocycles. The number of hydrogen-bond acceptors (Lipinski definition) is 6. The normalized spacial score (nSPS) is 10.6. The van der Waals surface area contributed by atoms with E-state index in [9.17, 15) is 14.9 Å². The van der Waals surface area contributed by atoms with Crippen molar-refractivity contribution < 1.29 is 19.2 Å². The number of non-ortho nitro benzene ring substituents is 1. The summed E-state index contributed by atoms with van der Waals surface area (Å²) in [5.41, 5.74) is 5.47. The lowest BCUT2D eigenvalue weighted by Crippen LogP contribution is -2.18. The molecule has 31 heavy (non-hydrogen) atoms. The zero-order valence-electron chi connectivity index (χ0n) is 17.1. The number of nitro benzene ring substituents is 1. The van der Waals surface area contributed by atoms with E-state index in [4.69, 9.17) is 9.47 Å². The average Bonchev–Trinajstić information content (AvgIpc) is 2.78. The molecule has 8 nitrogen and oxygen atoms in total. The van der Waals surface area contributed by atoms with Crippen LogP contribution >= 0.6 is 0 Å². The summed E-state index contributed by atoms with van der Waals surface area (Å²) in [5, 5.41) is 14.7. The van der Waals surface area contributed by atoms with Crippen molar-refractivity contribution in [3.63, 3.8) is 0 Å². The summed E-state index contributed by atoms with van der Waals surface area (Å²) in [5.74, 6) is 0.724. The van der Waals surface area contributed by atoms with E-state index in [0.29, 0.717) is 22.6 Å². The van der Waals surface area contributed by atoms with Gasteiger partial charge >= 0.3 is 0 Å². The van der Waals surface area contributed by atoms with Crippen LogP contribution in [0, 0.1) is 17.0 Å². The Hall–Kier alpha value is -4.20. The zero-order valence-corrected chi connectivity index (χ0v) is 17.1. The van der Waals surface area contributed by atoms with Gasteiger partial charge in [0.05, 0.1) is 18.2 Å². The van der Waals surface area contributed by atoms with Gasteiger partial charge in [-0.15, -0.1) is 0 Å². The van der Waals surface area contributed by atoms with E-state index >= 15 is 0 Å². The molecule has 0 aliphatic carbocycles. The molecule has 0 radical (unpaired) electrons. The van der Waals surface area contributed by atoms with Crippen molar-refractivity contribution >= 4 is 17.8 Å². The fourth-order valence-corrected chi connectivity index (χ4v) is 2.81. The molecule has 3 aromatic carbocycles. The van der Waals surface area contributed by atoms with E-state index in [1.54, 1.807) is 42.5 Å². The number of carbonyl (C=O) groups excluding carboxylic acids is 1. The van der Waals surface area contributed by atoms with Crippen LogP contribution in [0.15, 0.2) is 71.8 Å². The van der Waals surface area contributed by atoms with E-state index in [-0.39, 0.29) is 18.2 Å². The second kappa shape index (κ2) is 10.0. The van der Waals surface area contributed by atoms with Gasteiger partial charge in [-0.1, -0.05) is 18.2 Å². The highest BCUT2D eigenvalue weighted by molar-refractivity contribution is 5.96. The Morgan fingerprint density at radius 3 is 2.52 bits per heavy atom. The van der Waals surface area contributed by atoms with Gasteiger partial charge < -0.3 is 9.47 Å². The molecule has 3 aromatic rings. The van der Waals surface area contributed by atoms with Crippen molar-refractivity contribution in [2.45, 2.75) is 13.5 Å². The first kappa shape index (κ1) is 21.5. The van der Waals surface area contributed by atoms with E-state index in [2.05, 4.69) is 10.5 Å². The molecule has 158 valence electrons. The number of rotatable bonds is 8. The van der Waals surface area contributed by atoms with E-state index in [1.807, 2.05) is 19.1 Å². The zero-order chi connectivity index (χ0) is 22.2. The molecule has 0 aromatic heterocycles. The summed E-state index contributed by atoms with van der Waals surface area (Å²) in [7, 11) is 1.52. The van der Waals surface area contributed by atoms with Crippen LogP contribution in [-0.2, 0) is 6.61 Å². The minimum absolute atomic E-state index is 0.0273. The highest BCUT2D eigenvalue weighted by atomic mass is 16.6. The largest absolute Gasteiger partial charge is 0.493 e. The molecule has 0 saturated heterocycles. The molecule has 1 N–H and O–H groups in total. The van der Waals surface area contributed by atoms with Crippen molar-refractivity contribution in [3.8, 4) is 11.5 Å². The minimum atomic E-state index is -0.447. The van der Waals surface area contributed by atoms with Crippen molar-refractivity contribution in [1.82, 2.24) is 5.43 Å². The van der Waals surface area contributed by atoms with Crippen LogP contribution in [0.3, 0.4) is 0 Å². The van der Waals surface area contributed by atoms with Gasteiger partial charge in [0, 0.05) is 17.7 Å². The Kier molecular flexibility index (Phi) is 6.95. The first-order chi connectivity index (χ1) is 15.0. The molecular formula is C23H21N3O5. The van der Waals surface area contributed by atoms with Gasteiger partial charge in [-0.05, 0) is 60.0 Å². The number of nitrogens with one attached hydrogen (secondary N) is 1. The topological polar surface area (TPSA) is 103 Å². The third kappa shape index (κ3) is 5.66. The third-order valence-electron chi connectivity index (χ3n) is 4.50. The molecular weight excluding hydrogens is 398 g/mol. The van der Waals surface area contributed by atoms with Gasteiger partial charge in [0.2, 0.25) is 0 Å². The lowest BCUT2D eigenvalue weighted by molar-refractivity contribution is -0.384.